The van der Waals surface area contributed by atoms with E-state index in [2.05, 4.69) is 19.9 Å². The van der Waals surface area contributed by atoms with Gasteiger partial charge in [-0.1, -0.05) is 19.9 Å². The summed E-state index contributed by atoms with van der Waals surface area (Å²) < 4.78 is 7.62. The Balaban J connectivity index is 2.27. The lowest BCUT2D eigenvalue weighted by Crippen LogP contribution is -2.28. The molecule has 0 radical (unpaired) electrons. The number of hydrogen-bond acceptors (Lipinski definition) is 4. The van der Waals surface area contributed by atoms with Gasteiger partial charge in [0, 0.05) is 45.8 Å². The fourth-order valence-electron chi connectivity index (χ4n) is 4.01. The average Bonchev–Trinajstić information content (AvgIpc) is 2.98. The number of allylic oxidation sites excluding steroid dienone is 2. The minimum Gasteiger partial charge on any atom is -0.479 e. The van der Waals surface area contributed by atoms with Crippen molar-refractivity contribution in [2.45, 2.75) is 72.5 Å². The lowest BCUT2D eigenvalue weighted by molar-refractivity contribution is -0.160. The molecule has 5 nitrogen and oxygen atoms in total. The highest BCUT2D eigenvalue weighted by Gasteiger charge is 2.35. The molecule has 1 N–H and O–H groups in total. The monoisotopic (exact) mass is 443 g/mol. The van der Waals surface area contributed by atoms with Crippen LogP contribution in [0.3, 0.4) is 0 Å². The molecule has 0 amide bonds. The van der Waals surface area contributed by atoms with Crippen molar-refractivity contribution in [1.29, 1.82) is 0 Å². The maximum atomic E-state index is 12.3. The van der Waals surface area contributed by atoms with Crippen LogP contribution in [0.5, 0.6) is 0 Å². The molecule has 0 spiro atoms. The number of nitrogens with zero attached hydrogens (tertiary/aromatic N) is 1. The van der Waals surface area contributed by atoms with Crippen molar-refractivity contribution in [3.05, 3.63) is 50.8 Å². The van der Waals surface area contributed by atoms with Crippen LogP contribution in [-0.2, 0) is 16.6 Å². The molecule has 0 aromatic carbocycles. The standard InChI is InChI=1S/C25H33NO4S/c1-15-19(21(23(28)29)30-24(2,3)4)20(16-10-12-25(5,6)13-11-16)22(31-15)17-8-9-18(27)26(7)14-17/h8-10,14,21H,11-13H2,1-7H3,(H,28,29). The Morgan fingerprint density at radius 2 is 1.97 bits per heavy atom. The topological polar surface area (TPSA) is 68.5 Å². The average molecular weight is 444 g/mol. The van der Waals surface area contributed by atoms with Crippen molar-refractivity contribution in [2.24, 2.45) is 12.5 Å². The molecule has 0 saturated carbocycles. The van der Waals surface area contributed by atoms with Crippen LogP contribution in [0.4, 0.5) is 0 Å². The van der Waals surface area contributed by atoms with E-state index in [0.717, 1.165) is 45.7 Å². The molecule has 2 heterocycles. The first-order chi connectivity index (χ1) is 14.3. The van der Waals surface area contributed by atoms with Crippen molar-refractivity contribution in [1.82, 2.24) is 4.57 Å². The summed E-state index contributed by atoms with van der Waals surface area (Å²) in [4.78, 5) is 26.2. The molecule has 2 aromatic rings. The van der Waals surface area contributed by atoms with Crippen LogP contribution in [-0.4, -0.2) is 21.2 Å². The van der Waals surface area contributed by atoms with Crippen LogP contribution in [0.15, 0.2) is 29.2 Å². The van der Waals surface area contributed by atoms with E-state index < -0.39 is 17.7 Å². The lowest BCUT2D eigenvalue weighted by Gasteiger charge is -2.31. The van der Waals surface area contributed by atoms with E-state index in [0.29, 0.717) is 0 Å². The Bertz CT molecular complexity index is 1080. The van der Waals surface area contributed by atoms with Gasteiger partial charge in [0.25, 0.3) is 0 Å². The molecular formula is C25H33NO4S. The molecule has 0 aliphatic heterocycles. The van der Waals surface area contributed by atoms with E-state index >= 15 is 0 Å². The number of carboxylic acids is 1. The number of ether oxygens (including phenoxy) is 1. The molecule has 0 fully saturated rings. The molecule has 2 aromatic heterocycles. The highest BCUT2D eigenvalue weighted by atomic mass is 32.1. The fourth-order valence-corrected chi connectivity index (χ4v) is 5.22. The van der Waals surface area contributed by atoms with Gasteiger partial charge < -0.3 is 14.4 Å². The number of aryl methyl sites for hydroxylation is 2. The van der Waals surface area contributed by atoms with Crippen molar-refractivity contribution < 1.29 is 14.6 Å². The molecule has 0 bridgehead atoms. The normalized spacial score (nSPS) is 17.3. The smallest absolute Gasteiger partial charge is 0.337 e. The second-order valence-corrected chi connectivity index (χ2v) is 11.4. The Hall–Kier alpha value is -2.18. The van der Waals surface area contributed by atoms with Crippen LogP contribution in [0.25, 0.3) is 16.0 Å². The highest BCUT2D eigenvalue weighted by molar-refractivity contribution is 7.16. The van der Waals surface area contributed by atoms with Gasteiger partial charge in [-0.15, -0.1) is 11.3 Å². The number of pyridine rings is 1. The number of carboxylic acid groups (broad SMARTS) is 1. The summed E-state index contributed by atoms with van der Waals surface area (Å²) in [6.07, 6.45) is 5.91. The summed E-state index contributed by atoms with van der Waals surface area (Å²) in [5.74, 6) is -0.985. The van der Waals surface area contributed by atoms with E-state index in [1.54, 1.807) is 29.0 Å². The van der Waals surface area contributed by atoms with E-state index in [-0.39, 0.29) is 11.0 Å². The van der Waals surface area contributed by atoms with Crippen LogP contribution in [0.2, 0.25) is 0 Å². The van der Waals surface area contributed by atoms with Gasteiger partial charge in [-0.25, -0.2) is 4.79 Å². The summed E-state index contributed by atoms with van der Waals surface area (Å²) >= 11 is 1.57. The van der Waals surface area contributed by atoms with Crippen LogP contribution < -0.4 is 5.56 Å². The quantitative estimate of drug-likeness (QED) is 0.619. The number of thiophene rings is 1. The van der Waals surface area contributed by atoms with Gasteiger partial charge in [0.15, 0.2) is 6.10 Å². The summed E-state index contributed by atoms with van der Waals surface area (Å²) in [5, 5.41) is 10.1. The number of aliphatic carboxylic acids is 1. The zero-order valence-corrected chi connectivity index (χ0v) is 20.4. The molecule has 1 aliphatic rings. The summed E-state index contributed by atoms with van der Waals surface area (Å²) in [7, 11) is 1.73. The van der Waals surface area contributed by atoms with Gasteiger partial charge in [-0.2, -0.15) is 0 Å². The Labute approximate surface area is 188 Å². The van der Waals surface area contributed by atoms with Crippen LogP contribution in [0, 0.1) is 12.3 Å². The minimum absolute atomic E-state index is 0.0723. The van der Waals surface area contributed by atoms with Crippen molar-refractivity contribution >= 4 is 22.9 Å². The van der Waals surface area contributed by atoms with Crippen molar-refractivity contribution in [2.75, 3.05) is 0 Å². The largest absolute Gasteiger partial charge is 0.479 e. The number of rotatable bonds is 5. The fraction of sp³-hybridized carbons (Fsp3) is 0.520. The summed E-state index contributed by atoms with van der Waals surface area (Å²) in [5.41, 5.74) is 3.36. The maximum absolute atomic E-state index is 12.3. The van der Waals surface area contributed by atoms with Crippen LogP contribution in [0.1, 0.15) is 76.0 Å². The molecule has 1 aliphatic carbocycles. The summed E-state index contributed by atoms with van der Waals surface area (Å²) in [6, 6.07) is 3.39. The number of hydrogen-bond donors (Lipinski definition) is 1. The van der Waals surface area contributed by atoms with Gasteiger partial charge >= 0.3 is 5.97 Å². The molecule has 1 unspecified atom stereocenters. The van der Waals surface area contributed by atoms with Gasteiger partial charge in [-0.05, 0) is 64.0 Å². The minimum atomic E-state index is -1.05. The zero-order chi connectivity index (χ0) is 23.1. The van der Waals surface area contributed by atoms with E-state index in [1.165, 1.54) is 5.57 Å². The van der Waals surface area contributed by atoms with Crippen LogP contribution >= 0.6 is 11.3 Å². The molecule has 6 heteroatoms. The Morgan fingerprint density at radius 1 is 1.29 bits per heavy atom. The van der Waals surface area contributed by atoms with E-state index in [1.807, 2.05) is 40.0 Å². The Morgan fingerprint density at radius 3 is 2.48 bits per heavy atom. The predicted octanol–water partition coefficient (Wildman–Crippen LogP) is 5.96. The SMILES string of the molecule is Cc1sc(-c2ccc(=O)n(C)c2)c(C2=CCC(C)(C)CC2)c1C(OC(C)(C)C)C(=O)O. The van der Waals surface area contributed by atoms with Gasteiger partial charge in [0.05, 0.1) is 5.60 Å². The predicted molar refractivity (Wildman–Crippen MR) is 127 cm³/mol. The molecule has 31 heavy (non-hydrogen) atoms. The van der Waals surface area contributed by atoms with Crippen molar-refractivity contribution in [3.8, 4) is 10.4 Å². The first kappa shape index (κ1) is 23.5. The lowest BCUT2D eigenvalue weighted by atomic mass is 9.76. The number of aromatic nitrogens is 1. The molecular weight excluding hydrogens is 410 g/mol. The third kappa shape index (κ3) is 5.18. The van der Waals surface area contributed by atoms with Crippen molar-refractivity contribution in [3.63, 3.8) is 0 Å². The zero-order valence-electron chi connectivity index (χ0n) is 19.5. The maximum Gasteiger partial charge on any atom is 0.337 e. The third-order valence-electron chi connectivity index (χ3n) is 5.73. The van der Waals surface area contributed by atoms with Gasteiger partial charge in [-0.3, -0.25) is 4.79 Å². The first-order valence-electron chi connectivity index (χ1n) is 10.7. The highest BCUT2D eigenvalue weighted by Crippen LogP contribution is 2.48. The second-order valence-electron chi connectivity index (χ2n) is 10.2. The first-order valence-corrected chi connectivity index (χ1v) is 11.5. The Kier molecular flexibility index (Phi) is 6.36. The van der Waals surface area contributed by atoms with Gasteiger partial charge in [0.2, 0.25) is 5.56 Å². The van der Waals surface area contributed by atoms with E-state index in [4.69, 9.17) is 4.74 Å². The van der Waals surface area contributed by atoms with Gasteiger partial charge in [0.1, 0.15) is 0 Å². The molecule has 3 rings (SSSR count). The number of carbonyl (C=O) groups is 1. The molecule has 168 valence electrons. The van der Waals surface area contributed by atoms with E-state index in [9.17, 15) is 14.7 Å². The molecule has 0 saturated heterocycles. The third-order valence-corrected chi connectivity index (χ3v) is 6.90. The second kappa shape index (κ2) is 8.40. The summed E-state index contributed by atoms with van der Waals surface area (Å²) in [6.45, 7) is 12.1. The molecule has 1 atom stereocenters.